The van der Waals surface area contributed by atoms with Crippen LogP contribution in [0.5, 0.6) is 0 Å². The number of carbonyl (C=O) groups is 1. The lowest BCUT2D eigenvalue weighted by atomic mass is 10.3. The Bertz CT molecular complexity index is 751. The topological polar surface area (TPSA) is 71.7 Å². The average Bonchev–Trinajstić information content (AvgIpc) is 3.29. The summed E-state index contributed by atoms with van der Waals surface area (Å²) in [7, 11) is 0. The number of morpholine rings is 1. The van der Waals surface area contributed by atoms with Crippen LogP contribution < -0.4 is 4.90 Å². The molecule has 2 aromatic rings. The summed E-state index contributed by atoms with van der Waals surface area (Å²) in [5.74, 6) is 1.32. The summed E-state index contributed by atoms with van der Waals surface area (Å²) in [4.78, 5) is 25.3. The Morgan fingerprint density at radius 3 is 2.92 bits per heavy atom. The van der Waals surface area contributed by atoms with Crippen LogP contribution in [0.1, 0.15) is 17.0 Å². The van der Waals surface area contributed by atoms with Gasteiger partial charge in [0, 0.05) is 37.5 Å². The molecule has 0 unspecified atom stereocenters. The fourth-order valence-electron chi connectivity index (χ4n) is 2.86. The molecule has 2 aliphatic heterocycles. The first-order chi connectivity index (χ1) is 11.8. The predicted molar refractivity (Wildman–Crippen MR) is 87.1 cm³/mol. The van der Waals surface area contributed by atoms with Gasteiger partial charge in [-0.2, -0.15) is 0 Å². The molecule has 0 N–H and O–H groups in total. The normalized spacial score (nSPS) is 17.5. The number of carbonyl (C=O) groups excluding carboxylic acids is 1. The Hall–Kier alpha value is -2.67. The molecule has 1 amide bonds. The van der Waals surface area contributed by atoms with Crippen LogP contribution in [0.2, 0.25) is 0 Å². The molecule has 7 nitrogen and oxygen atoms in total. The van der Waals surface area contributed by atoms with Crippen LogP contribution in [-0.4, -0.2) is 47.1 Å². The second-order valence-corrected chi connectivity index (χ2v) is 5.78. The monoisotopic (exact) mass is 326 g/mol. The minimum Gasteiger partial charge on any atom is -0.465 e. The van der Waals surface area contributed by atoms with Gasteiger partial charge in [-0.05, 0) is 18.2 Å². The zero-order chi connectivity index (χ0) is 16.4. The molecule has 4 rings (SSSR count). The van der Waals surface area contributed by atoms with Gasteiger partial charge in [0.25, 0.3) is 0 Å². The SMILES string of the molecule is O=C(C=Cc1ccco1)N1Cc2cnc(N3CCOCC3)nc2C1. The van der Waals surface area contributed by atoms with Crippen molar-refractivity contribution in [3.8, 4) is 0 Å². The smallest absolute Gasteiger partial charge is 0.247 e. The molecule has 0 bridgehead atoms. The molecule has 4 heterocycles. The van der Waals surface area contributed by atoms with E-state index in [0.717, 1.165) is 30.3 Å². The number of amides is 1. The van der Waals surface area contributed by atoms with Crippen LogP contribution in [0.15, 0.2) is 35.1 Å². The van der Waals surface area contributed by atoms with Crippen molar-refractivity contribution in [3.05, 3.63) is 47.7 Å². The number of hydrogen-bond donors (Lipinski definition) is 0. The van der Waals surface area contributed by atoms with Crippen LogP contribution in [0.25, 0.3) is 6.08 Å². The van der Waals surface area contributed by atoms with E-state index < -0.39 is 0 Å². The maximum Gasteiger partial charge on any atom is 0.247 e. The molecule has 0 radical (unpaired) electrons. The molecule has 1 fully saturated rings. The van der Waals surface area contributed by atoms with E-state index in [-0.39, 0.29) is 5.91 Å². The molecule has 0 spiro atoms. The lowest BCUT2D eigenvalue weighted by Gasteiger charge is -2.26. The Morgan fingerprint density at radius 2 is 2.12 bits per heavy atom. The van der Waals surface area contributed by atoms with E-state index in [0.29, 0.717) is 32.1 Å². The highest BCUT2D eigenvalue weighted by atomic mass is 16.5. The quantitative estimate of drug-likeness (QED) is 0.795. The van der Waals surface area contributed by atoms with Crippen molar-refractivity contribution < 1.29 is 13.9 Å². The first-order valence-electron chi connectivity index (χ1n) is 7.97. The van der Waals surface area contributed by atoms with E-state index >= 15 is 0 Å². The van der Waals surface area contributed by atoms with Gasteiger partial charge in [-0.1, -0.05) is 0 Å². The number of fused-ring (bicyclic) bond motifs is 1. The van der Waals surface area contributed by atoms with Gasteiger partial charge >= 0.3 is 0 Å². The first kappa shape index (κ1) is 14.9. The third kappa shape index (κ3) is 3.03. The minimum atomic E-state index is -0.0580. The van der Waals surface area contributed by atoms with E-state index in [1.54, 1.807) is 23.3 Å². The summed E-state index contributed by atoms with van der Waals surface area (Å²) >= 11 is 0. The lowest BCUT2D eigenvalue weighted by molar-refractivity contribution is -0.126. The van der Waals surface area contributed by atoms with Gasteiger partial charge < -0.3 is 19.0 Å². The number of rotatable bonds is 3. The Morgan fingerprint density at radius 1 is 1.25 bits per heavy atom. The molecule has 0 saturated carbocycles. The molecule has 1 saturated heterocycles. The summed E-state index contributed by atoms with van der Waals surface area (Å²) in [6.07, 6.45) is 6.62. The Labute approximate surface area is 139 Å². The molecule has 0 atom stereocenters. The molecule has 7 heteroatoms. The molecule has 2 aromatic heterocycles. The largest absolute Gasteiger partial charge is 0.465 e. The van der Waals surface area contributed by atoms with Crippen LogP contribution in [0.4, 0.5) is 5.95 Å². The molecular formula is C17H18N4O3. The predicted octanol–water partition coefficient (Wildman–Crippen LogP) is 1.46. The number of anilines is 1. The van der Waals surface area contributed by atoms with Crippen molar-refractivity contribution in [1.82, 2.24) is 14.9 Å². The molecule has 2 aliphatic rings. The standard InChI is InChI=1S/C17H18N4O3/c22-16(4-3-14-2-1-7-24-14)21-11-13-10-18-17(19-15(13)12-21)20-5-8-23-9-6-20/h1-4,7,10H,5-6,8-9,11-12H2. The van der Waals surface area contributed by atoms with Gasteiger partial charge in [0.15, 0.2) is 0 Å². The van der Waals surface area contributed by atoms with E-state index in [9.17, 15) is 4.79 Å². The summed E-state index contributed by atoms with van der Waals surface area (Å²) < 4.78 is 10.6. The first-order valence-corrected chi connectivity index (χ1v) is 7.97. The molecule has 124 valence electrons. The van der Waals surface area contributed by atoms with E-state index in [1.165, 1.54) is 6.08 Å². The highest BCUT2D eigenvalue weighted by molar-refractivity contribution is 5.91. The molecule has 0 aromatic carbocycles. The number of hydrogen-bond acceptors (Lipinski definition) is 6. The van der Waals surface area contributed by atoms with E-state index in [2.05, 4.69) is 14.9 Å². The van der Waals surface area contributed by atoms with Crippen molar-refractivity contribution in [3.63, 3.8) is 0 Å². The second kappa shape index (κ2) is 6.45. The van der Waals surface area contributed by atoms with Crippen molar-refractivity contribution in [1.29, 1.82) is 0 Å². The van der Waals surface area contributed by atoms with Crippen molar-refractivity contribution in [2.45, 2.75) is 13.1 Å². The summed E-state index contributed by atoms with van der Waals surface area (Å²) in [5.41, 5.74) is 1.93. The number of furan rings is 1. The number of aromatic nitrogens is 2. The highest BCUT2D eigenvalue weighted by Crippen LogP contribution is 2.23. The van der Waals surface area contributed by atoms with Crippen molar-refractivity contribution >= 4 is 17.9 Å². The van der Waals surface area contributed by atoms with Gasteiger partial charge in [0.05, 0.1) is 31.7 Å². The second-order valence-electron chi connectivity index (χ2n) is 5.78. The summed E-state index contributed by atoms with van der Waals surface area (Å²) in [6.45, 7) is 4.04. The fourth-order valence-corrected chi connectivity index (χ4v) is 2.86. The van der Waals surface area contributed by atoms with Gasteiger partial charge in [0.1, 0.15) is 5.76 Å². The van der Waals surface area contributed by atoms with Gasteiger partial charge in [0.2, 0.25) is 11.9 Å². The Kier molecular flexibility index (Phi) is 4.00. The fraction of sp³-hybridized carbons (Fsp3) is 0.353. The maximum absolute atomic E-state index is 12.3. The van der Waals surface area contributed by atoms with Crippen LogP contribution in [0, 0.1) is 0 Å². The van der Waals surface area contributed by atoms with Crippen molar-refractivity contribution in [2.24, 2.45) is 0 Å². The van der Waals surface area contributed by atoms with Crippen LogP contribution >= 0.6 is 0 Å². The van der Waals surface area contributed by atoms with Crippen LogP contribution in [0.3, 0.4) is 0 Å². The Balaban J connectivity index is 1.44. The molecule has 0 aliphatic carbocycles. The summed E-state index contributed by atoms with van der Waals surface area (Å²) in [5, 5.41) is 0. The molecule has 24 heavy (non-hydrogen) atoms. The molecular weight excluding hydrogens is 308 g/mol. The zero-order valence-corrected chi connectivity index (χ0v) is 13.2. The third-order valence-corrected chi connectivity index (χ3v) is 4.18. The summed E-state index contributed by atoms with van der Waals surface area (Å²) in [6, 6.07) is 3.60. The van der Waals surface area contributed by atoms with Gasteiger partial charge in [-0.3, -0.25) is 4.79 Å². The third-order valence-electron chi connectivity index (χ3n) is 4.18. The van der Waals surface area contributed by atoms with Gasteiger partial charge in [-0.25, -0.2) is 9.97 Å². The van der Waals surface area contributed by atoms with Crippen LogP contribution in [-0.2, 0) is 22.6 Å². The number of ether oxygens (including phenoxy) is 1. The van der Waals surface area contributed by atoms with E-state index in [4.69, 9.17) is 9.15 Å². The number of nitrogens with zero attached hydrogens (tertiary/aromatic N) is 4. The van der Waals surface area contributed by atoms with E-state index in [1.807, 2.05) is 12.3 Å². The lowest BCUT2D eigenvalue weighted by Crippen LogP contribution is -2.37. The highest BCUT2D eigenvalue weighted by Gasteiger charge is 2.25. The van der Waals surface area contributed by atoms with Crippen molar-refractivity contribution in [2.75, 3.05) is 31.2 Å². The van der Waals surface area contributed by atoms with Gasteiger partial charge in [-0.15, -0.1) is 0 Å². The average molecular weight is 326 g/mol. The maximum atomic E-state index is 12.3. The zero-order valence-electron chi connectivity index (χ0n) is 13.2. The minimum absolute atomic E-state index is 0.0580.